The Morgan fingerprint density at radius 2 is 2.07 bits per heavy atom. The summed E-state index contributed by atoms with van der Waals surface area (Å²) in [5.41, 5.74) is 2.78. The Balaban J connectivity index is 1.46. The number of amides is 1. The molecule has 7 nitrogen and oxygen atoms in total. The molecule has 2 aliphatic rings. The van der Waals surface area contributed by atoms with E-state index in [2.05, 4.69) is 38.0 Å². The van der Waals surface area contributed by atoms with Gasteiger partial charge in [-0.05, 0) is 12.1 Å². The van der Waals surface area contributed by atoms with E-state index in [1.165, 1.54) is 0 Å². The lowest BCUT2D eigenvalue weighted by molar-refractivity contribution is -0.0660. The van der Waals surface area contributed by atoms with Gasteiger partial charge in [-0.15, -0.1) is 0 Å². The molecular weight excluding hydrogens is 354 g/mol. The van der Waals surface area contributed by atoms with Crippen molar-refractivity contribution < 1.29 is 9.53 Å². The molecule has 2 aromatic rings. The number of para-hydroxylation sites is 1. The van der Waals surface area contributed by atoms with Gasteiger partial charge in [-0.2, -0.15) is 0 Å². The van der Waals surface area contributed by atoms with Crippen LogP contribution < -0.4 is 10.2 Å². The highest BCUT2D eigenvalue weighted by molar-refractivity contribution is 5.95. The number of aromatic nitrogens is 2. The van der Waals surface area contributed by atoms with Gasteiger partial charge in [-0.1, -0.05) is 31.8 Å². The van der Waals surface area contributed by atoms with Gasteiger partial charge in [0.25, 0.3) is 0 Å². The second-order valence-corrected chi connectivity index (χ2v) is 7.61. The minimum atomic E-state index is -0.201. The molecule has 0 bridgehead atoms. The van der Waals surface area contributed by atoms with Crippen molar-refractivity contribution in [1.82, 2.24) is 19.8 Å². The molecule has 7 heteroatoms. The zero-order valence-electron chi connectivity index (χ0n) is 16.5. The average Bonchev–Trinajstić information content (AvgIpc) is 3.08. The first-order valence-corrected chi connectivity index (χ1v) is 9.93. The molecule has 4 rings (SSSR count). The number of piperazine rings is 1. The minimum absolute atomic E-state index is 0.201. The van der Waals surface area contributed by atoms with E-state index in [-0.39, 0.29) is 6.03 Å². The number of benzene rings is 1. The molecule has 28 heavy (non-hydrogen) atoms. The maximum Gasteiger partial charge on any atom is 0.328 e. The van der Waals surface area contributed by atoms with Crippen LogP contribution in [0.25, 0.3) is 11.0 Å². The highest BCUT2D eigenvalue weighted by Crippen LogP contribution is 2.27. The second kappa shape index (κ2) is 8.21. The molecular formula is C21H27N5O2. The monoisotopic (exact) mass is 381 g/mol. The number of hydrogen-bond donors (Lipinski definition) is 1. The van der Waals surface area contributed by atoms with Crippen molar-refractivity contribution in [3.05, 3.63) is 24.5 Å². The SMILES string of the molecule is CC(C)C#CCNC(=O)n1cnc2c(N3CCN(C4COC4)CC3)cccc21. The topological polar surface area (TPSA) is 62.6 Å². The summed E-state index contributed by atoms with van der Waals surface area (Å²) in [4.78, 5) is 21.9. The molecule has 1 N–H and O–H groups in total. The minimum Gasteiger partial charge on any atom is -0.378 e. The Hall–Kier alpha value is -2.56. The predicted molar refractivity (Wildman–Crippen MR) is 110 cm³/mol. The molecule has 148 valence electrons. The van der Waals surface area contributed by atoms with Crippen molar-refractivity contribution in [2.75, 3.05) is 50.8 Å². The van der Waals surface area contributed by atoms with Gasteiger partial charge in [0.2, 0.25) is 0 Å². The Labute approximate surface area is 165 Å². The average molecular weight is 381 g/mol. The number of fused-ring (bicyclic) bond motifs is 1. The van der Waals surface area contributed by atoms with E-state index in [1.807, 2.05) is 26.0 Å². The van der Waals surface area contributed by atoms with Gasteiger partial charge in [-0.3, -0.25) is 9.47 Å². The molecule has 2 aliphatic heterocycles. The number of ether oxygens (including phenoxy) is 1. The van der Waals surface area contributed by atoms with Crippen LogP contribution in [-0.4, -0.2) is 72.5 Å². The third-order valence-electron chi connectivity index (χ3n) is 5.28. The lowest BCUT2D eigenvalue weighted by atomic mass is 10.1. The molecule has 1 amide bonds. The summed E-state index contributed by atoms with van der Waals surface area (Å²) in [5.74, 6) is 6.32. The van der Waals surface area contributed by atoms with Gasteiger partial charge >= 0.3 is 6.03 Å². The Bertz CT molecular complexity index is 898. The van der Waals surface area contributed by atoms with Crippen molar-refractivity contribution in [3.8, 4) is 11.8 Å². The molecule has 0 atom stereocenters. The summed E-state index contributed by atoms with van der Waals surface area (Å²) in [6, 6.07) is 6.40. The number of imidazole rings is 1. The molecule has 0 saturated carbocycles. The van der Waals surface area contributed by atoms with Crippen LogP contribution in [0.15, 0.2) is 24.5 Å². The number of hydrogen-bond acceptors (Lipinski definition) is 5. The zero-order chi connectivity index (χ0) is 19.5. The molecule has 2 fully saturated rings. The van der Waals surface area contributed by atoms with Gasteiger partial charge in [0.1, 0.15) is 11.8 Å². The van der Waals surface area contributed by atoms with Crippen LogP contribution in [-0.2, 0) is 4.74 Å². The summed E-state index contributed by atoms with van der Waals surface area (Å²) in [6.07, 6.45) is 1.60. The number of nitrogens with zero attached hydrogens (tertiary/aromatic N) is 4. The van der Waals surface area contributed by atoms with Gasteiger partial charge in [0, 0.05) is 32.1 Å². The van der Waals surface area contributed by atoms with E-state index < -0.39 is 0 Å². The molecule has 0 unspecified atom stereocenters. The molecule has 1 aromatic heterocycles. The van der Waals surface area contributed by atoms with Crippen LogP contribution in [0.5, 0.6) is 0 Å². The van der Waals surface area contributed by atoms with E-state index in [0.717, 1.165) is 56.1 Å². The van der Waals surface area contributed by atoms with Crippen molar-refractivity contribution in [3.63, 3.8) is 0 Å². The highest BCUT2D eigenvalue weighted by Gasteiger charge is 2.29. The van der Waals surface area contributed by atoms with E-state index in [0.29, 0.717) is 18.5 Å². The lowest BCUT2D eigenvalue weighted by Crippen LogP contribution is -2.56. The quantitative estimate of drug-likeness (QED) is 0.821. The summed E-state index contributed by atoms with van der Waals surface area (Å²) in [6.45, 7) is 10.1. The largest absolute Gasteiger partial charge is 0.378 e. The maximum atomic E-state index is 12.5. The van der Waals surface area contributed by atoms with E-state index in [1.54, 1.807) is 10.9 Å². The van der Waals surface area contributed by atoms with Crippen LogP contribution in [0.1, 0.15) is 13.8 Å². The van der Waals surface area contributed by atoms with Crippen LogP contribution in [0.4, 0.5) is 10.5 Å². The Morgan fingerprint density at radius 1 is 1.29 bits per heavy atom. The fraction of sp³-hybridized carbons (Fsp3) is 0.524. The molecule has 2 saturated heterocycles. The van der Waals surface area contributed by atoms with E-state index >= 15 is 0 Å². The van der Waals surface area contributed by atoms with Crippen LogP contribution >= 0.6 is 0 Å². The number of anilines is 1. The Kier molecular flexibility index (Phi) is 5.51. The third-order valence-corrected chi connectivity index (χ3v) is 5.28. The van der Waals surface area contributed by atoms with Crippen LogP contribution in [0.3, 0.4) is 0 Å². The summed E-state index contributed by atoms with van der Waals surface area (Å²) in [5, 5.41) is 2.84. The van der Waals surface area contributed by atoms with Gasteiger partial charge in [0.05, 0.1) is 37.0 Å². The first-order valence-electron chi connectivity index (χ1n) is 9.93. The first-order chi connectivity index (χ1) is 13.6. The van der Waals surface area contributed by atoms with Gasteiger partial charge in [-0.25, -0.2) is 9.78 Å². The van der Waals surface area contributed by atoms with Crippen molar-refractivity contribution in [2.45, 2.75) is 19.9 Å². The van der Waals surface area contributed by atoms with Crippen LogP contribution in [0.2, 0.25) is 0 Å². The normalized spacial score (nSPS) is 18.0. The number of rotatable bonds is 3. The lowest BCUT2D eigenvalue weighted by Gasteiger charge is -2.43. The fourth-order valence-corrected chi connectivity index (χ4v) is 3.66. The number of carbonyl (C=O) groups excluding carboxylic acids is 1. The van der Waals surface area contributed by atoms with Gasteiger partial charge < -0.3 is 15.0 Å². The standard InChI is InChI=1S/C21H27N5O2/c1-16(2)5-4-8-22-21(27)26-15-23-20-18(6-3-7-19(20)26)25-11-9-24(10-12-25)17-13-28-14-17/h3,6-7,15-17H,8-14H2,1-2H3,(H,22,27). The Morgan fingerprint density at radius 3 is 2.75 bits per heavy atom. The molecule has 0 radical (unpaired) electrons. The highest BCUT2D eigenvalue weighted by atomic mass is 16.5. The summed E-state index contributed by atoms with van der Waals surface area (Å²) in [7, 11) is 0. The fourth-order valence-electron chi connectivity index (χ4n) is 3.66. The second-order valence-electron chi connectivity index (χ2n) is 7.61. The van der Waals surface area contributed by atoms with E-state index in [9.17, 15) is 4.79 Å². The van der Waals surface area contributed by atoms with E-state index in [4.69, 9.17) is 4.74 Å². The zero-order valence-corrected chi connectivity index (χ0v) is 16.5. The smallest absolute Gasteiger partial charge is 0.328 e. The molecule has 1 aromatic carbocycles. The van der Waals surface area contributed by atoms with Crippen molar-refractivity contribution in [2.24, 2.45) is 5.92 Å². The van der Waals surface area contributed by atoms with Crippen molar-refractivity contribution >= 4 is 22.8 Å². The third kappa shape index (κ3) is 3.84. The predicted octanol–water partition coefficient (Wildman–Crippen LogP) is 1.77. The summed E-state index contributed by atoms with van der Waals surface area (Å²) < 4.78 is 6.88. The molecule has 0 aliphatic carbocycles. The molecule has 0 spiro atoms. The van der Waals surface area contributed by atoms with Gasteiger partial charge in [0.15, 0.2) is 0 Å². The first kappa shape index (κ1) is 18.8. The van der Waals surface area contributed by atoms with Crippen LogP contribution in [0, 0.1) is 17.8 Å². The number of carbonyl (C=O) groups is 1. The summed E-state index contributed by atoms with van der Waals surface area (Å²) >= 11 is 0. The number of nitrogens with one attached hydrogen (secondary N) is 1. The van der Waals surface area contributed by atoms with Crippen molar-refractivity contribution in [1.29, 1.82) is 0 Å². The maximum absolute atomic E-state index is 12.5. The molecule has 3 heterocycles.